The Bertz CT molecular complexity index is 1600. The van der Waals surface area contributed by atoms with E-state index in [-0.39, 0.29) is 11.2 Å². The third kappa shape index (κ3) is 8.58. The van der Waals surface area contributed by atoms with Crippen molar-refractivity contribution in [3.63, 3.8) is 0 Å². The average Bonchev–Trinajstić information content (AvgIpc) is 3.53. The van der Waals surface area contributed by atoms with Crippen molar-refractivity contribution >= 4 is 40.3 Å². The van der Waals surface area contributed by atoms with Crippen molar-refractivity contribution in [2.45, 2.75) is 38.6 Å². The summed E-state index contributed by atoms with van der Waals surface area (Å²) in [6.07, 6.45) is 4.77. The van der Waals surface area contributed by atoms with Gasteiger partial charge in [0.1, 0.15) is 0 Å². The fourth-order valence-electron chi connectivity index (χ4n) is 4.52. The van der Waals surface area contributed by atoms with Crippen LogP contribution in [0, 0.1) is 10.1 Å². The van der Waals surface area contributed by atoms with Crippen LogP contribution in [-0.4, -0.2) is 49.8 Å². The first-order valence-electron chi connectivity index (χ1n) is 14.3. The topological polar surface area (TPSA) is 169 Å². The molecule has 5 rings (SSSR count). The molecule has 222 valence electrons. The Morgan fingerprint density at radius 3 is 1.88 bits per heavy atom. The van der Waals surface area contributed by atoms with Gasteiger partial charge < -0.3 is 21.3 Å². The molecule has 0 saturated heterocycles. The maximum Gasteiger partial charge on any atom is 0.300 e. The minimum absolute atomic E-state index is 0.123. The SMILES string of the molecule is O=[N+]([O-])c1ccc(NCCCCCCNc2nc(NCCc3ccccc3)nc(NCc3ccccc3)n2)c2nonc12. The lowest BCUT2D eigenvalue weighted by molar-refractivity contribution is -0.383. The van der Waals surface area contributed by atoms with Crippen LogP contribution in [0.2, 0.25) is 0 Å². The highest BCUT2D eigenvalue weighted by atomic mass is 16.6. The number of nitro benzene ring substituents is 1. The van der Waals surface area contributed by atoms with Crippen molar-refractivity contribution in [2.24, 2.45) is 0 Å². The number of nitrogens with zero attached hydrogens (tertiary/aromatic N) is 6. The van der Waals surface area contributed by atoms with Crippen molar-refractivity contribution in [2.75, 3.05) is 40.9 Å². The molecule has 13 nitrogen and oxygen atoms in total. The number of nitrogens with one attached hydrogen (secondary N) is 4. The van der Waals surface area contributed by atoms with E-state index in [1.807, 2.05) is 36.4 Å². The predicted molar refractivity (Wildman–Crippen MR) is 166 cm³/mol. The molecule has 0 amide bonds. The molecule has 0 atom stereocenters. The number of anilines is 4. The highest BCUT2D eigenvalue weighted by molar-refractivity contribution is 5.93. The third-order valence-electron chi connectivity index (χ3n) is 6.76. The molecule has 0 unspecified atom stereocenters. The summed E-state index contributed by atoms with van der Waals surface area (Å²) in [5, 5.41) is 31.9. The third-order valence-corrected chi connectivity index (χ3v) is 6.76. The van der Waals surface area contributed by atoms with E-state index in [1.165, 1.54) is 11.6 Å². The molecule has 43 heavy (non-hydrogen) atoms. The fourth-order valence-corrected chi connectivity index (χ4v) is 4.52. The first kappa shape index (κ1) is 29.2. The Hall–Kier alpha value is -5.33. The Labute approximate surface area is 248 Å². The number of unbranched alkanes of at least 4 members (excludes halogenated alkanes) is 3. The highest BCUT2D eigenvalue weighted by Crippen LogP contribution is 2.28. The number of non-ortho nitro benzene ring substituents is 1. The molecule has 0 aliphatic heterocycles. The number of hydrogen-bond acceptors (Lipinski definition) is 12. The first-order chi connectivity index (χ1) is 21.2. The van der Waals surface area contributed by atoms with Gasteiger partial charge in [0.05, 0.1) is 10.6 Å². The van der Waals surface area contributed by atoms with Crippen LogP contribution in [0.3, 0.4) is 0 Å². The zero-order chi connectivity index (χ0) is 29.7. The average molecular weight is 583 g/mol. The molecule has 0 bridgehead atoms. The number of rotatable bonds is 17. The zero-order valence-corrected chi connectivity index (χ0v) is 23.7. The number of benzene rings is 3. The Morgan fingerprint density at radius 2 is 1.21 bits per heavy atom. The van der Waals surface area contributed by atoms with Crippen molar-refractivity contribution in [3.8, 4) is 0 Å². The van der Waals surface area contributed by atoms with Gasteiger partial charge in [-0.2, -0.15) is 15.0 Å². The van der Waals surface area contributed by atoms with E-state index in [4.69, 9.17) is 4.63 Å². The summed E-state index contributed by atoms with van der Waals surface area (Å²) in [6.45, 7) is 2.75. The van der Waals surface area contributed by atoms with Crippen LogP contribution in [0.1, 0.15) is 36.8 Å². The van der Waals surface area contributed by atoms with Gasteiger partial charge in [0.25, 0.3) is 0 Å². The van der Waals surface area contributed by atoms with Gasteiger partial charge in [-0.15, -0.1) is 0 Å². The van der Waals surface area contributed by atoms with Gasteiger partial charge in [-0.1, -0.05) is 73.5 Å². The molecule has 2 heterocycles. The van der Waals surface area contributed by atoms with Gasteiger partial charge in [0.2, 0.25) is 23.4 Å². The number of fused-ring (bicyclic) bond motifs is 1. The standard InChI is InChI=1S/C30H34N10O3/c41-40(42)25-16-15-24(26-27(25)39-43-38-26)31-18-9-1-2-10-19-32-28-35-29(33-20-17-22-11-5-3-6-12-22)37-30(36-28)34-21-23-13-7-4-8-14-23/h3-8,11-16,31H,1-2,9-10,17-21H2,(H3,32,33,34,35,36,37). The van der Waals surface area contributed by atoms with Gasteiger partial charge in [-0.3, -0.25) is 10.1 Å². The second-order valence-corrected chi connectivity index (χ2v) is 9.93. The number of nitro groups is 1. The van der Waals surface area contributed by atoms with Gasteiger partial charge in [0.15, 0.2) is 5.52 Å². The largest absolute Gasteiger partial charge is 0.383 e. The van der Waals surface area contributed by atoms with E-state index >= 15 is 0 Å². The maximum atomic E-state index is 11.2. The van der Waals surface area contributed by atoms with E-state index < -0.39 is 4.92 Å². The molecule has 0 fully saturated rings. The Kier molecular flexibility index (Phi) is 10.2. The van der Waals surface area contributed by atoms with Crippen LogP contribution in [0.25, 0.3) is 11.0 Å². The van der Waals surface area contributed by atoms with Crippen molar-refractivity contribution in [1.29, 1.82) is 0 Å². The van der Waals surface area contributed by atoms with Crippen LogP contribution >= 0.6 is 0 Å². The van der Waals surface area contributed by atoms with Crippen molar-refractivity contribution in [1.82, 2.24) is 25.3 Å². The Balaban J connectivity index is 1.07. The molecule has 0 spiro atoms. The molecule has 4 N–H and O–H groups in total. The molecule has 0 saturated carbocycles. The minimum atomic E-state index is -0.493. The second kappa shape index (κ2) is 15.1. The molecule has 0 aliphatic carbocycles. The van der Waals surface area contributed by atoms with Gasteiger partial charge in [0, 0.05) is 32.2 Å². The number of hydrogen-bond donors (Lipinski definition) is 4. The monoisotopic (exact) mass is 582 g/mol. The summed E-state index contributed by atoms with van der Waals surface area (Å²) >= 11 is 0. The summed E-state index contributed by atoms with van der Waals surface area (Å²) in [4.78, 5) is 24.4. The normalized spacial score (nSPS) is 10.9. The minimum Gasteiger partial charge on any atom is -0.383 e. The zero-order valence-electron chi connectivity index (χ0n) is 23.7. The van der Waals surface area contributed by atoms with Gasteiger partial charge in [-0.25, -0.2) is 4.63 Å². The molecule has 0 radical (unpaired) electrons. The Morgan fingerprint density at radius 1 is 0.628 bits per heavy atom. The lowest BCUT2D eigenvalue weighted by atomic mass is 10.1. The number of aromatic nitrogens is 5. The van der Waals surface area contributed by atoms with E-state index in [1.54, 1.807) is 6.07 Å². The maximum absolute atomic E-state index is 11.2. The van der Waals surface area contributed by atoms with Crippen LogP contribution in [0.15, 0.2) is 77.4 Å². The van der Waals surface area contributed by atoms with Crippen molar-refractivity contribution in [3.05, 3.63) is 94.0 Å². The van der Waals surface area contributed by atoms with Gasteiger partial charge in [-0.05, 0) is 46.8 Å². The molecule has 13 heteroatoms. The molecular weight excluding hydrogens is 548 g/mol. The highest BCUT2D eigenvalue weighted by Gasteiger charge is 2.19. The summed E-state index contributed by atoms with van der Waals surface area (Å²) in [5.74, 6) is 1.56. The van der Waals surface area contributed by atoms with E-state index in [0.29, 0.717) is 48.7 Å². The summed E-state index contributed by atoms with van der Waals surface area (Å²) < 4.78 is 4.72. The quantitative estimate of drug-likeness (QED) is 0.0603. The lowest BCUT2D eigenvalue weighted by Crippen LogP contribution is -2.14. The van der Waals surface area contributed by atoms with Gasteiger partial charge >= 0.3 is 5.69 Å². The van der Waals surface area contributed by atoms with Crippen LogP contribution in [0.4, 0.5) is 29.2 Å². The summed E-state index contributed by atoms with van der Waals surface area (Å²) in [6, 6.07) is 23.5. The predicted octanol–water partition coefficient (Wildman–Crippen LogP) is 5.67. The molecule has 5 aromatic rings. The summed E-state index contributed by atoms with van der Waals surface area (Å²) in [5.41, 5.74) is 3.44. The van der Waals surface area contributed by atoms with Crippen molar-refractivity contribution < 1.29 is 9.55 Å². The lowest BCUT2D eigenvalue weighted by Gasteiger charge is -2.12. The molecule has 2 aromatic heterocycles. The van der Waals surface area contributed by atoms with Crippen LogP contribution in [-0.2, 0) is 13.0 Å². The smallest absolute Gasteiger partial charge is 0.300 e. The van der Waals surface area contributed by atoms with E-state index in [0.717, 1.165) is 44.2 Å². The van der Waals surface area contributed by atoms with Crippen LogP contribution < -0.4 is 21.3 Å². The fraction of sp³-hybridized carbons (Fsp3) is 0.300. The van der Waals surface area contributed by atoms with E-state index in [2.05, 4.69) is 70.8 Å². The van der Waals surface area contributed by atoms with E-state index in [9.17, 15) is 10.1 Å². The summed E-state index contributed by atoms with van der Waals surface area (Å²) in [7, 11) is 0. The second-order valence-electron chi connectivity index (χ2n) is 9.93. The molecule has 3 aromatic carbocycles. The van der Waals surface area contributed by atoms with Crippen LogP contribution in [0.5, 0.6) is 0 Å². The molecular formula is C30H34N10O3. The molecule has 0 aliphatic rings. The first-order valence-corrected chi connectivity index (χ1v) is 14.3.